The van der Waals surface area contributed by atoms with Gasteiger partial charge in [-0.2, -0.15) is 0 Å². The average molecular weight is 372 g/mol. The van der Waals surface area contributed by atoms with E-state index in [1.165, 1.54) is 44.9 Å². The zero-order chi connectivity index (χ0) is 19.6. The Bertz CT molecular complexity index is 483. The third-order valence-electron chi connectivity index (χ3n) is 4.98. The molecule has 0 aromatic rings. The van der Waals surface area contributed by atoms with Crippen LogP contribution in [0.4, 0.5) is 0 Å². The monoisotopic (exact) mass is 371 g/mol. The summed E-state index contributed by atoms with van der Waals surface area (Å²) in [6.45, 7) is 4.49. The van der Waals surface area contributed by atoms with Crippen molar-refractivity contribution in [3.05, 3.63) is 48.6 Å². The summed E-state index contributed by atoms with van der Waals surface area (Å²) in [6.07, 6.45) is 31.4. The zero-order valence-corrected chi connectivity index (χ0v) is 17.7. The highest BCUT2D eigenvalue weighted by molar-refractivity contribution is 5.76. The molecule has 0 radical (unpaired) electrons. The van der Waals surface area contributed by atoms with E-state index in [4.69, 9.17) is 0 Å². The summed E-state index contributed by atoms with van der Waals surface area (Å²) in [6, 6.07) is 0.469. The van der Waals surface area contributed by atoms with Crippen molar-refractivity contribution in [2.45, 2.75) is 96.9 Å². The van der Waals surface area contributed by atoms with Gasteiger partial charge in [0.15, 0.2) is 0 Å². The van der Waals surface area contributed by atoms with Gasteiger partial charge in [-0.15, -0.1) is 0 Å². The van der Waals surface area contributed by atoms with Crippen molar-refractivity contribution in [2.75, 3.05) is 0 Å². The van der Waals surface area contributed by atoms with Gasteiger partial charge >= 0.3 is 0 Å². The minimum atomic E-state index is 0.227. The van der Waals surface area contributed by atoms with E-state index in [-0.39, 0.29) is 5.91 Å². The van der Waals surface area contributed by atoms with Gasteiger partial charge in [0.05, 0.1) is 0 Å². The fourth-order valence-electron chi connectivity index (χ4n) is 2.98. The summed E-state index contributed by atoms with van der Waals surface area (Å²) in [5, 5.41) is 3.09. The van der Waals surface area contributed by atoms with Crippen LogP contribution in [0.1, 0.15) is 90.9 Å². The van der Waals surface area contributed by atoms with Gasteiger partial charge in [0.1, 0.15) is 0 Å². The Morgan fingerprint density at radius 1 is 0.926 bits per heavy atom. The molecule has 2 nitrogen and oxygen atoms in total. The highest BCUT2D eigenvalue weighted by Gasteiger charge is 2.18. The number of hydrogen-bond acceptors (Lipinski definition) is 1. The zero-order valence-electron chi connectivity index (χ0n) is 17.7. The highest BCUT2D eigenvalue weighted by atomic mass is 16.1. The predicted octanol–water partition coefficient (Wildman–Crippen LogP) is 7.05. The van der Waals surface area contributed by atoms with Gasteiger partial charge in [0.2, 0.25) is 5.91 Å². The molecule has 1 amide bonds. The first-order chi connectivity index (χ1) is 13.2. The average Bonchev–Trinajstić information content (AvgIpc) is 2.62. The quantitative estimate of drug-likeness (QED) is 0.242. The lowest BCUT2D eigenvalue weighted by molar-refractivity contribution is -0.122. The molecule has 1 rings (SSSR count). The second-order valence-corrected chi connectivity index (χ2v) is 7.71. The van der Waals surface area contributed by atoms with Crippen molar-refractivity contribution in [2.24, 2.45) is 5.92 Å². The molecule has 2 heteroatoms. The van der Waals surface area contributed by atoms with Crippen LogP contribution in [0.15, 0.2) is 48.6 Å². The molecule has 1 saturated carbocycles. The van der Waals surface area contributed by atoms with Crippen molar-refractivity contribution in [1.82, 2.24) is 5.32 Å². The maximum absolute atomic E-state index is 11.7. The Kier molecular flexibility index (Phi) is 14.4. The lowest BCUT2D eigenvalue weighted by Gasteiger charge is -2.26. The molecule has 0 heterocycles. The van der Waals surface area contributed by atoms with Crippen molar-refractivity contribution >= 4 is 5.91 Å². The van der Waals surface area contributed by atoms with Crippen LogP contribution < -0.4 is 5.32 Å². The lowest BCUT2D eigenvalue weighted by Crippen LogP contribution is -2.39. The summed E-state index contributed by atoms with van der Waals surface area (Å²) in [4.78, 5) is 11.7. The van der Waals surface area contributed by atoms with Gasteiger partial charge in [-0.3, -0.25) is 4.79 Å². The van der Waals surface area contributed by atoms with Crippen LogP contribution in [0.2, 0.25) is 0 Å². The molecule has 0 spiro atoms. The standard InChI is InChI=1S/C25H41NO/c1-3-4-5-11-14-18-23(2)19-15-12-9-7-6-8-10-13-16-22-25(27)26-24-20-17-21-24/h7-10,14-15,18-19,23-24H,3-6,11-13,16-17,20-22H2,1-2H3,(H,26,27)/b9-7-,10-8-,18-14-,19-15-/t23-/m0/s1. The largest absolute Gasteiger partial charge is 0.353 e. The second kappa shape index (κ2) is 16.6. The van der Waals surface area contributed by atoms with Crippen molar-refractivity contribution in [3.63, 3.8) is 0 Å². The van der Waals surface area contributed by atoms with Crippen LogP contribution >= 0.6 is 0 Å². The minimum absolute atomic E-state index is 0.227. The first kappa shape index (κ1) is 23.5. The van der Waals surface area contributed by atoms with Gasteiger partial charge in [0, 0.05) is 12.5 Å². The van der Waals surface area contributed by atoms with E-state index in [0.717, 1.165) is 25.7 Å². The SMILES string of the molecule is CCCCC/C=C\[C@H](C)/C=C\C/C=C\C/C=C\CCCC(=O)NC1CCC1. The first-order valence-electron chi connectivity index (χ1n) is 11.1. The third kappa shape index (κ3) is 14.2. The summed E-state index contributed by atoms with van der Waals surface area (Å²) >= 11 is 0. The van der Waals surface area contributed by atoms with E-state index < -0.39 is 0 Å². The molecule has 0 aromatic heterocycles. The Morgan fingerprint density at radius 2 is 1.59 bits per heavy atom. The number of hydrogen-bond donors (Lipinski definition) is 1. The predicted molar refractivity (Wildman–Crippen MR) is 119 cm³/mol. The van der Waals surface area contributed by atoms with Crippen molar-refractivity contribution in [3.8, 4) is 0 Å². The summed E-state index contributed by atoms with van der Waals surface area (Å²) in [5.41, 5.74) is 0. The Morgan fingerprint density at radius 3 is 2.30 bits per heavy atom. The molecule has 0 bridgehead atoms. The summed E-state index contributed by atoms with van der Waals surface area (Å²) in [5.74, 6) is 0.756. The molecule has 1 aliphatic rings. The molecule has 0 saturated heterocycles. The van der Waals surface area contributed by atoms with Crippen LogP contribution in [-0.4, -0.2) is 11.9 Å². The number of amides is 1. The number of carbonyl (C=O) groups excluding carboxylic acids is 1. The normalized spacial score (nSPS) is 16.7. The van der Waals surface area contributed by atoms with Gasteiger partial charge in [-0.05, 0) is 63.7 Å². The van der Waals surface area contributed by atoms with Gasteiger partial charge < -0.3 is 5.32 Å². The van der Waals surface area contributed by atoms with E-state index in [2.05, 4.69) is 67.8 Å². The number of nitrogens with one attached hydrogen (secondary N) is 1. The smallest absolute Gasteiger partial charge is 0.220 e. The maximum atomic E-state index is 11.7. The van der Waals surface area contributed by atoms with E-state index in [1.54, 1.807) is 0 Å². The van der Waals surface area contributed by atoms with Crippen LogP contribution in [-0.2, 0) is 4.79 Å². The Hall–Kier alpha value is -1.57. The number of rotatable bonds is 15. The fraction of sp³-hybridized carbons (Fsp3) is 0.640. The number of allylic oxidation sites excluding steroid dienone is 8. The molecule has 0 aromatic carbocycles. The Balaban J connectivity index is 1.95. The van der Waals surface area contributed by atoms with Crippen LogP contribution in [0.3, 0.4) is 0 Å². The highest BCUT2D eigenvalue weighted by Crippen LogP contribution is 2.18. The van der Waals surface area contributed by atoms with E-state index >= 15 is 0 Å². The fourth-order valence-corrected chi connectivity index (χ4v) is 2.98. The topological polar surface area (TPSA) is 29.1 Å². The van der Waals surface area contributed by atoms with Gasteiger partial charge in [-0.25, -0.2) is 0 Å². The molecule has 0 unspecified atom stereocenters. The molecule has 1 fully saturated rings. The third-order valence-corrected chi connectivity index (χ3v) is 4.98. The van der Waals surface area contributed by atoms with Gasteiger partial charge in [-0.1, -0.05) is 75.3 Å². The molecular weight excluding hydrogens is 330 g/mol. The molecule has 1 aliphatic carbocycles. The van der Waals surface area contributed by atoms with E-state index in [0.29, 0.717) is 18.4 Å². The molecule has 1 atom stereocenters. The molecule has 152 valence electrons. The molecule has 1 N–H and O–H groups in total. The number of carbonyl (C=O) groups is 1. The van der Waals surface area contributed by atoms with Crippen LogP contribution in [0.25, 0.3) is 0 Å². The second-order valence-electron chi connectivity index (χ2n) is 7.71. The molecular formula is C25H41NO. The minimum Gasteiger partial charge on any atom is -0.353 e. The van der Waals surface area contributed by atoms with Crippen molar-refractivity contribution < 1.29 is 4.79 Å². The molecule has 27 heavy (non-hydrogen) atoms. The lowest BCUT2D eigenvalue weighted by atomic mass is 9.93. The molecule has 0 aliphatic heterocycles. The maximum Gasteiger partial charge on any atom is 0.220 e. The number of unbranched alkanes of at least 4 members (excludes halogenated alkanes) is 4. The van der Waals surface area contributed by atoms with Crippen LogP contribution in [0.5, 0.6) is 0 Å². The van der Waals surface area contributed by atoms with Crippen molar-refractivity contribution in [1.29, 1.82) is 0 Å². The summed E-state index contributed by atoms with van der Waals surface area (Å²) in [7, 11) is 0. The Labute approximate surface area is 167 Å². The van der Waals surface area contributed by atoms with E-state index in [9.17, 15) is 4.79 Å². The van der Waals surface area contributed by atoms with E-state index in [1.807, 2.05) is 0 Å². The summed E-state index contributed by atoms with van der Waals surface area (Å²) < 4.78 is 0. The van der Waals surface area contributed by atoms with Crippen LogP contribution in [0, 0.1) is 5.92 Å². The van der Waals surface area contributed by atoms with Gasteiger partial charge in [0.25, 0.3) is 0 Å². The first-order valence-corrected chi connectivity index (χ1v) is 11.1.